The number of nitrogen functional groups attached to an aromatic ring is 1. The average Bonchev–Trinajstić information content (AvgIpc) is 2.83. The Morgan fingerprint density at radius 1 is 1.53 bits per heavy atom. The molecule has 1 atom stereocenters. The Bertz CT molecular complexity index is 500. The van der Waals surface area contributed by atoms with E-state index in [4.69, 9.17) is 5.84 Å². The third kappa shape index (κ3) is 2.63. The number of fused-ring (bicyclic) bond motifs is 1. The maximum Gasteiger partial charge on any atom is 0.240 e. The summed E-state index contributed by atoms with van der Waals surface area (Å²) >= 11 is 1.52. The first kappa shape index (κ1) is 12.0. The van der Waals surface area contributed by atoms with Gasteiger partial charge < -0.3 is 10.4 Å². The molecule has 2 rings (SSSR count). The number of anilines is 2. The fourth-order valence-electron chi connectivity index (χ4n) is 1.41. The number of rotatable bonds is 5. The second kappa shape index (κ2) is 5.26. The van der Waals surface area contributed by atoms with Gasteiger partial charge in [-0.05, 0) is 17.9 Å². The van der Waals surface area contributed by atoms with Crippen LogP contribution in [0.1, 0.15) is 13.3 Å². The van der Waals surface area contributed by atoms with Gasteiger partial charge in [0.2, 0.25) is 5.95 Å². The van der Waals surface area contributed by atoms with E-state index in [1.54, 1.807) is 0 Å². The molecule has 5 N–H and O–H groups in total. The Morgan fingerprint density at radius 2 is 2.35 bits per heavy atom. The summed E-state index contributed by atoms with van der Waals surface area (Å²) in [5, 5.41) is 15.5. The highest BCUT2D eigenvalue weighted by Gasteiger charge is 2.09. The van der Waals surface area contributed by atoms with Crippen molar-refractivity contribution in [3.05, 3.63) is 11.4 Å². The molecule has 17 heavy (non-hydrogen) atoms. The highest BCUT2D eigenvalue weighted by Crippen LogP contribution is 2.26. The standard InChI is InChI=1S/C10H15N5OS/c1-2-6(16)5-12-8-7-3-4-17-9(7)14-10(13-8)15-11/h3-4,6,16H,2,5,11H2,1H3,(H2,12,13,14,15). The number of nitrogens with one attached hydrogen (secondary N) is 2. The highest BCUT2D eigenvalue weighted by atomic mass is 32.1. The number of aliphatic hydroxyl groups is 1. The molecule has 6 nitrogen and oxygen atoms in total. The molecule has 0 radical (unpaired) electrons. The monoisotopic (exact) mass is 253 g/mol. The van der Waals surface area contributed by atoms with Gasteiger partial charge in [0.15, 0.2) is 0 Å². The van der Waals surface area contributed by atoms with Crippen molar-refractivity contribution in [3.8, 4) is 0 Å². The molecule has 92 valence electrons. The molecule has 0 fully saturated rings. The van der Waals surface area contributed by atoms with Crippen molar-refractivity contribution in [2.75, 3.05) is 17.3 Å². The third-order valence-electron chi connectivity index (χ3n) is 2.43. The second-order valence-electron chi connectivity index (χ2n) is 3.62. The molecule has 0 bridgehead atoms. The van der Waals surface area contributed by atoms with E-state index in [9.17, 15) is 5.11 Å². The molecule has 0 saturated carbocycles. The summed E-state index contributed by atoms with van der Waals surface area (Å²) in [5.41, 5.74) is 2.43. The molecule has 0 saturated heterocycles. The number of aliphatic hydroxyl groups excluding tert-OH is 1. The first-order valence-electron chi connectivity index (χ1n) is 5.38. The summed E-state index contributed by atoms with van der Waals surface area (Å²) in [6, 6.07) is 1.95. The number of hydrogen-bond acceptors (Lipinski definition) is 7. The minimum Gasteiger partial charge on any atom is -0.391 e. The Hall–Kier alpha value is -1.44. The zero-order valence-corrected chi connectivity index (χ0v) is 10.3. The SMILES string of the molecule is CCC(O)CNc1nc(NN)nc2sccc12. The van der Waals surface area contributed by atoms with Crippen molar-refractivity contribution >= 4 is 33.3 Å². The van der Waals surface area contributed by atoms with Gasteiger partial charge in [-0.2, -0.15) is 4.98 Å². The van der Waals surface area contributed by atoms with Crippen molar-refractivity contribution < 1.29 is 5.11 Å². The Morgan fingerprint density at radius 3 is 3.06 bits per heavy atom. The number of hydrazine groups is 1. The van der Waals surface area contributed by atoms with Crippen LogP contribution >= 0.6 is 11.3 Å². The van der Waals surface area contributed by atoms with Crippen LogP contribution in [0.4, 0.5) is 11.8 Å². The van der Waals surface area contributed by atoms with Crippen LogP contribution < -0.4 is 16.6 Å². The van der Waals surface area contributed by atoms with Gasteiger partial charge in [0, 0.05) is 6.54 Å². The maximum atomic E-state index is 9.52. The number of nitrogens with two attached hydrogens (primary N) is 1. The van der Waals surface area contributed by atoms with Crippen LogP contribution in [0.3, 0.4) is 0 Å². The van der Waals surface area contributed by atoms with E-state index in [2.05, 4.69) is 20.7 Å². The zero-order chi connectivity index (χ0) is 12.3. The van der Waals surface area contributed by atoms with Crippen molar-refractivity contribution in [2.24, 2.45) is 5.84 Å². The summed E-state index contributed by atoms with van der Waals surface area (Å²) < 4.78 is 0. The van der Waals surface area contributed by atoms with Gasteiger partial charge >= 0.3 is 0 Å². The smallest absolute Gasteiger partial charge is 0.240 e. The summed E-state index contributed by atoms with van der Waals surface area (Å²) in [6.45, 7) is 2.39. The molecule has 0 aromatic carbocycles. The van der Waals surface area contributed by atoms with Crippen LogP contribution in [0.15, 0.2) is 11.4 Å². The summed E-state index contributed by atoms with van der Waals surface area (Å²) in [7, 11) is 0. The minimum atomic E-state index is -0.382. The lowest BCUT2D eigenvalue weighted by Gasteiger charge is -2.11. The Balaban J connectivity index is 2.27. The number of nitrogens with zero attached hydrogens (tertiary/aromatic N) is 2. The predicted molar refractivity (Wildman–Crippen MR) is 70.0 cm³/mol. The van der Waals surface area contributed by atoms with Crippen molar-refractivity contribution in [1.82, 2.24) is 9.97 Å². The molecule has 0 aliphatic heterocycles. The third-order valence-corrected chi connectivity index (χ3v) is 3.24. The Kier molecular flexibility index (Phi) is 3.72. The molecule has 1 unspecified atom stereocenters. The molecular formula is C10H15N5OS. The molecule has 0 aliphatic carbocycles. The highest BCUT2D eigenvalue weighted by molar-refractivity contribution is 7.16. The summed E-state index contributed by atoms with van der Waals surface area (Å²) in [4.78, 5) is 9.33. The van der Waals surface area contributed by atoms with Crippen LogP contribution in [-0.2, 0) is 0 Å². The van der Waals surface area contributed by atoms with E-state index in [-0.39, 0.29) is 6.10 Å². The van der Waals surface area contributed by atoms with Crippen molar-refractivity contribution in [3.63, 3.8) is 0 Å². The number of aromatic nitrogens is 2. The van der Waals surface area contributed by atoms with E-state index < -0.39 is 0 Å². The lowest BCUT2D eigenvalue weighted by atomic mass is 10.3. The fraction of sp³-hybridized carbons (Fsp3) is 0.400. The Labute approximate surface area is 103 Å². The molecule has 2 aromatic rings. The second-order valence-corrected chi connectivity index (χ2v) is 4.52. The predicted octanol–water partition coefficient (Wildman–Crippen LogP) is 1.16. The molecule has 2 heterocycles. The lowest BCUT2D eigenvalue weighted by molar-refractivity contribution is 0.183. The first-order chi connectivity index (χ1) is 8.24. The van der Waals surface area contributed by atoms with Gasteiger partial charge in [0.1, 0.15) is 10.6 Å². The van der Waals surface area contributed by atoms with E-state index >= 15 is 0 Å². The van der Waals surface area contributed by atoms with Crippen LogP contribution in [0.25, 0.3) is 10.2 Å². The molecule has 0 aliphatic rings. The number of hydrogen-bond donors (Lipinski definition) is 4. The number of thiophene rings is 1. The molecule has 2 aromatic heterocycles. The van der Waals surface area contributed by atoms with Gasteiger partial charge in [0.25, 0.3) is 0 Å². The average molecular weight is 253 g/mol. The maximum absolute atomic E-state index is 9.52. The van der Waals surface area contributed by atoms with Gasteiger partial charge in [-0.1, -0.05) is 6.92 Å². The fourth-order valence-corrected chi connectivity index (χ4v) is 2.18. The summed E-state index contributed by atoms with van der Waals surface area (Å²) in [6.07, 6.45) is 0.320. The van der Waals surface area contributed by atoms with Crippen LogP contribution in [0.2, 0.25) is 0 Å². The molecular weight excluding hydrogens is 238 g/mol. The van der Waals surface area contributed by atoms with Crippen LogP contribution in [-0.4, -0.2) is 27.7 Å². The minimum absolute atomic E-state index is 0.369. The van der Waals surface area contributed by atoms with E-state index in [1.165, 1.54) is 11.3 Å². The van der Waals surface area contributed by atoms with E-state index in [0.29, 0.717) is 24.7 Å². The van der Waals surface area contributed by atoms with E-state index in [0.717, 1.165) is 10.2 Å². The van der Waals surface area contributed by atoms with Crippen molar-refractivity contribution in [1.29, 1.82) is 0 Å². The molecule has 7 heteroatoms. The topological polar surface area (TPSA) is 96.1 Å². The summed E-state index contributed by atoms with van der Waals surface area (Å²) in [5.74, 6) is 6.37. The van der Waals surface area contributed by atoms with Crippen molar-refractivity contribution in [2.45, 2.75) is 19.4 Å². The first-order valence-corrected chi connectivity index (χ1v) is 6.26. The van der Waals surface area contributed by atoms with Crippen LogP contribution in [0, 0.1) is 0 Å². The lowest BCUT2D eigenvalue weighted by Crippen LogP contribution is -2.19. The largest absolute Gasteiger partial charge is 0.391 e. The van der Waals surface area contributed by atoms with E-state index in [1.807, 2.05) is 18.4 Å². The van der Waals surface area contributed by atoms with Gasteiger partial charge in [-0.3, -0.25) is 5.43 Å². The van der Waals surface area contributed by atoms with Gasteiger partial charge in [-0.15, -0.1) is 11.3 Å². The normalized spacial score (nSPS) is 12.6. The van der Waals surface area contributed by atoms with Gasteiger partial charge in [-0.25, -0.2) is 10.8 Å². The zero-order valence-electron chi connectivity index (χ0n) is 9.47. The molecule has 0 spiro atoms. The van der Waals surface area contributed by atoms with Gasteiger partial charge in [0.05, 0.1) is 11.5 Å². The van der Waals surface area contributed by atoms with Crippen LogP contribution in [0.5, 0.6) is 0 Å². The molecule has 0 amide bonds. The quantitative estimate of drug-likeness (QED) is 0.472.